The molecule has 0 fully saturated rings. The number of aliphatic carboxylic acids is 1. The van der Waals surface area contributed by atoms with Crippen LogP contribution in [0.4, 0.5) is 0 Å². The van der Waals surface area contributed by atoms with E-state index in [1.165, 1.54) is 21.3 Å². The molecule has 106 valence electrons. The summed E-state index contributed by atoms with van der Waals surface area (Å²) >= 11 is 0. The second-order valence-electron chi connectivity index (χ2n) is 3.78. The third kappa shape index (κ3) is 3.29. The molecule has 2 N–H and O–H groups in total. The third-order valence-corrected chi connectivity index (χ3v) is 2.70. The number of carboxylic acid groups (broad SMARTS) is 1. The van der Waals surface area contributed by atoms with Gasteiger partial charge in [-0.2, -0.15) is 0 Å². The Kier molecular flexibility index (Phi) is 5.44. The lowest BCUT2D eigenvalue weighted by molar-refractivity contribution is -0.139. The molecule has 0 aromatic heterocycles. The van der Waals surface area contributed by atoms with E-state index < -0.39 is 12.0 Å². The minimum absolute atomic E-state index is 0.436. The molecule has 6 heteroatoms. The van der Waals surface area contributed by atoms with Gasteiger partial charge in [-0.3, -0.25) is 4.79 Å². The van der Waals surface area contributed by atoms with E-state index in [2.05, 4.69) is 5.32 Å². The quantitative estimate of drug-likeness (QED) is 0.780. The highest BCUT2D eigenvalue weighted by Crippen LogP contribution is 2.37. The van der Waals surface area contributed by atoms with Crippen LogP contribution in [-0.2, 0) is 4.79 Å². The molecule has 0 bridgehead atoms. The number of likely N-dealkylation sites (N-methyl/N-ethyl adjacent to an activating group) is 1. The average Bonchev–Trinajstić information content (AvgIpc) is 2.42. The molecule has 1 rings (SSSR count). The molecule has 1 aromatic rings. The van der Waals surface area contributed by atoms with E-state index in [-0.39, 0.29) is 0 Å². The molecule has 19 heavy (non-hydrogen) atoms. The summed E-state index contributed by atoms with van der Waals surface area (Å²) in [6, 6.07) is 2.36. The zero-order chi connectivity index (χ0) is 14.4. The van der Waals surface area contributed by atoms with E-state index in [1.54, 1.807) is 12.1 Å². The molecule has 1 aromatic carbocycles. The minimum Gasteiger partial charge on any atom is -0.496 e. The number of benzene rings is 1. The Labute approximate surface area is 112 Å². The van der Waals surface area contributed by atoms with Crippen molar-refractivity contribution in [1.29, 1.82) is 0 Å². The summed E-state index contributed by atoms with van der Waals surface area (Å²) in [5.74, 6) is 0.407. The fourth-order valence-electron chi connectivity index (χ4n) is 1.81. The summed E-state index contributed by atoms with van der Waals surface area (Å²) in [4.78, 5) is 11.3. The Balaban J connectivity index is 3.34. The van der Waals surface area contributed by atoms with Crippen molar-refractivity contribution in [3.63, 3.8) is 0 Å². The van der Waals surface area contributed by atoms with Crippen LogP contribution < -0.4 is 19.5 Å². The molecule has 0 aliphatic rings. The van der Waals surface area contributed by atoms with Crippen LogP contribution in [0.3, 0.4) is 0 Å². The highest BCUT2D eigenvalue weighted by Gasteiger charge is 2.24. The van der Waals surface area contributed by atoms with Crippen molar-refractivity contribution in [3.8, 4) is 17.2 Å². The van der Waals surface area contributed by atoms with Gasteiger partial charge in [-0.05, 0) is 12.6 Å². The monoisotopic (exact) mass is 269 g/mol. The molecule has 1 unspecified atom stereocenters. The van der Waals surface area contributed by atoms with E-state index in [4.69, 9.17) is 14.2 Å². The summed E-state index contributed by atoms with van der Waals surface area (Å²) in [6.07, 6.45) is 0. The zero-order valence-electron chi connectivity index (χ0n) is 11.5. The van der Waals surface area contributed by atoms with Gasteiger partial charge in [0.15, 0.2) is 11.5 Å². The normalized spacial score (nSPS) is 11.8. The Morgan fingerprint density at radius 1 is 1.16 bits per heavy atom. The van der Waals surface area contributed by atoms with Crippen molar-refractivity contribution in [2.75, 3.05) is 27.9 Å². The van der Waals surface area contributed by atoms with Crippen molar-refractivity contribution in [2.45, 2.75) is 13.0 Å². The number of rotatable bonds is 7. The van der Waals surface area contributed by atoms with E-state index in [0.29, 0.717) is 29.4 Å². The Morgan fingerprint density at radius 3 is 2.11 bits per heavy atom. The number of hydrogen-bond donors (Lipinski definition) is 2. The molecule has 0 amide bonds. The summed E-state index contributed by atoms with van der Waals surface area (Å²) in [5, 5.41) is 12.2. The SMILES string of the molecule is CCNC(C(=O)O)c1cc(OC)c(OC)cc1OC. The standard InChI is InChI=1S/C13H19NO5/c1-5-14-12(13(15)16)8-6-10(18-3)11(19-4)7-9(8)17-2/h6-7,12,14H,5H2,1-4H3,(H,15,16). The maximum atomic E-state index is 11.3. The average molecular weight is 269 g/mol. The minimum atomic E-state index is -0.979. The molecule has 0 saturated carbocycles. The predicted molar refractivity (Wildman–Crippen MR) is 70.2 cm³/mol. The van der Waals surface area contributed by atoms with Crippen LogP contribution in [-0.4, -0.2) is 38.9 Å². The van der Waals surface area contributed by atoms with Crippen molar-refractivity contribution in [3.05, 3.63) is 17.7 Å². The van der Waals surface area contributed by atoms with Gasteiger partial charge < -0.3 is 24.6 Å². The van der Waals surface area contributed by atoms with Gasteiger partial charge >= 0.3 is 5.97 Å². The second-order valence-corrected chi connectivity index (χ2v) is 3.78. The first-order valence-electron chi connectivity index (χ1n) is 5.85. The smallest absolute Gasteiger partial charge is 0.325 e. The van der Waals surface area contributed by atoms with Crippen LogP contribution >= 0.6 is 0 Å². The largest absolute Gasteiger partial charge is 0.496 e. The second kappa shape index (κ2) is 6.84. The zero-order valence-corrected chi connectivity index (χ0v) is 11.5. The fraction of sp³-hybridized carbons (Fsp3) is 0.462. The van der Waals surface area contributed by atoms with Crippen LogP contribution in [0.2, 0.25) is 0 Å². The molecular weight excluding hydrogens is 250 g/mol. The van der Waals surface area contributed by atoms with Crippen LogP contribution in [0.1, 0.15) is 18.5 Å². The van der Waals surface area contributed by atoms with Crippen LogP contribution in [0.15, 0.2) is 12.1 Å². The summed E-state index contributed by atoms with van der Waals surface area (Å²) in [5.41, 5.74) is 0.495. The van der Waals surface area contributed by atoms with Gasteiger partial charge in [0.2, 0.25) is 0 Å². The van der Waals surface area contributed by atoms with Crippen LogP contribution in [0.25, 0.3) is 0 Å². The summed E-state index contributed by atoms with van der Waals surface area (Å²) in [6.45, 7) is 2.36. The van der Waals surface area contributed by atoms with Crippen molar-refractivity contribution in [1.82, 2.24) is 5.32 Å². The fourth-order valence-corrected chi connectivity index (χ4v) is 1.81. The van der Waals surface area contributed by atoms with Gasteiger partial charge in [0, 0.05) is 11.6 Å². The van der Waals surface area contributed by atoms with E-state index in [0.717, 1.165) is 0 Å². The highest BCUT2D eigenvalue weighted by atomic mass is 16.5. The summed E-state index contributed by atoms with van der Waals surface area (Å²) in [7, 11) is 4.49. The number of ether oxygens (including phenoxy) is 3. The molecule has 0 aliphatic carbocycles. The first-order valence-corrected chi connectivity index (χ1v) is 5.85. The maximum absolute atomic E-state index is 11.3. The Hall–Kier alpha value is -1.95. The molecule has 0 radical (unpaired) electrons. The van der Waals surface area contributed by atoms with Crippen molar-refractivity contribution >= 4 is 5.97 Å². The number of carbonyl (C=O) groups is 1. The molecule has 1 atom stereocenters. The van der Waals surface area contributed by atoms with Crippen LogP contribution in [0, 0.1) is 0 Å². The van der Waals surface area contributed by atoms with Gasteiger partial charge in [-0.15, -0.1) is 0 Å². The molecule has 0 aliphatic heterocycles. The van der Waals surface area contributed by atoms with Gasteiger partial charge in [-0.25, -0.2) is 0 Å². The summed E-state index contributed by atoms with van der Waals surface area (Å²) < 4.78 is 15.6. The van der Waals surface area contributed by atoms with E-state index in [9.17, 15) is 9.90 Å². The van der Waals surface area contributed by atoms with Crippen molar-refractivity contribution in [2.24, 2.45) is 0 Å². The van der Waals surface area contributed by atoms with E-state index >= 15 is 0 Å². The lowest BCUT2D eigenvalue weighted by atomic mass is 10.0. The van der Waals surface area contributed by atoms with Crippen LogP contribution in [0.5, 0.6) is 17.2 Å². The predicted octanol–water partition coefficient (Wildman–Crippen LogP) is 1.45. The maximum Gasteiger partial charge on any atom is 0.325 e. The Morgan fingerprint density at radius 2 is 1.68 bits per heavy atom. The molecule has 0 heterocycles. The highest BCUT2D eigenvalue weighted by molar-refractivity contribution is 5.77. The lowest BCUT2D eigenvalue weighted by Gasteiger charge is -2.19. The first-order chi connectivity index (χ1) is 9.08. The Bertz CT molecular complexity index is 447. The molecular formula is C13H19NO5. The number of carboxylic acids is 1. The number of hydrogen-bond acceptors (Lipinski definition) is 5. The first kappa shape index (κ1) is 15.1. The van der Waals surface area contributed by atoms with Crippen molar-refractivity contribution < 1.29 is 24.1 Å². The van der Waals surface area contributed by atoms with E-state index in [1.807, 2.05) is 6.92 Å². The van der Waals surface area contributed by atoms with Gasteiger partial charge in [0.25, 0.3) is 0 Å². The molecule has 6 nitrogen and oxygen atoms in total. The van der Waals surface area contributed by atoms with Gasteiger partial charge in [0.05, 0.1) is 21.3 Å². The third-order valence-electron chi connectivity index (χ3n) is 2.70. The topological polar surface area (TPSA) is 77.0 Å². The molecule has 0 saturated heterocycles. The molecule has 0 spiro atoms. The number of nitrogens with one attached hydrogen (secondary N) is 1. The van der Waals surface area contributed by atoms with Gasteiger partial charge in [-0.1, -0.05) is 6.92 Å². The lowest BCUT2D eigenvalue weighted by Crippen LogP contribution is -2.28. The van der Waals surface area contributed by atoms with Gasteiger partial charge in [0.1, 0.15) is 11.8 Å². The number of methoxy groups -OCH3 is 3.